The first kappa shape index (κ1) is 19.9. The van der Waals surface area contributed by atoms with Crippen molar-refractivity contribution in [2.45, 2.75) is 6.54 Å². The molecule has 6 nitrogen and oxygen atoms in total. The number of aromatic amines is 1. The van der Waals surface area contributed by atoms with Crippen LogP contribution in [0.15, 0.2) is 71.5 Å². The van der Waals surface area contributed by atoms with Crippen LogP contribution in [-0.2, 0) is 11.3 Å². The van der Waals surface area contributed by atoms with Crippen molar-refractivity contribution in [1.82, 2.24) is 9.88 Å². The Morgan fingerprint density at radius 1 is 1.00 bits per heavy atom. The summed E-state index contributed by atoms with van der Waals surface area (Å²) in [5, 5.41) is 0. The number of carbonyl (C=O) groups is 1. The molecule has 0 bridgehead atoms. The third-order valence-electron chi connectivity index (χ3n) is 5.32. The predicted molar refractivity (Wildman–Crippen MR) is 118 cm³/mol. The number of H-pyrrole nitrogens is 1. The number of rotatable bonds is 5. The Balaban J connectivity index is 1.53. The number of para-hydroxylation sites is 1. The van der Waals surface area contributed by atoms with Crippen molar-refractivity contribution in [3.05, 3.63) is 88.2 Å². The van der Waals surface area contributed by atoms with Gasteiger partial charge in [-0.1, -0.05) is 48.5 Å². The van der Waals surface area contributed by atoms with E-state index in [0.717, 1.165) is 29.9 Å². The predicted octanol–water partition coefficient (Wildman–Crippen LogP) is 3.15. The molecule has 0 saturated carbocycles. The molecule has 30 heavy (non-hydrogen) atoms. The molecular formula is C24H25N3O3. The molecule has 2 aromatic carbocycles. The number of amides is 1. The molecule has 0 unspecified atom stereocenters. The van der Waals surface area contributed by atoms with Gasteiger partial charge in [0, 0.05) is 38.1 Å². The van der Waals surface area contributed by atoms with Gasteiger partial charge in [0.15, 0.2) is 0 Å². The minimum Gasteiger partial charge on any atom is -0.378 e. The van der Waals surface area contributed by atoms with Crippen LogP contribution in [0.3, 0.4) is 0 Å². The molecule has 1 fully saturated rings. The number of anilines is 1. The van der Waals surface area contributed by atoms with Gasteiger partial charge in [-0.05, 0) is 29.3 Å². The Labute approximate surface area is 175 Å². The molecule has 0 spiro atoms. The minimum atomic E-state index is -0.380. The maximum atomic E-state index is 13.0. The lowest BCUT2D eigenvalue weighted by molar-refractivity contribution is 0.0783. The van der Waals surface area contributed by atoms with Gasteiger partial charge in [0.1, 0.15) is 5.56 Å². The molecule has 3 aromatic rings. The number of carbonyl (C=O) groups excluding carboxylic acids is 1. The van der Waals surface area contributed by atoms with Gasteiger partial charge in [0.05, 0.1) is 13.2 Å². The second-order valence-electron chi connectivity index (χ2n) is 7.37. The van der Waals surface area contributed by atoms with Crippen LogP contribution in [0.2, 0.25) is 0 Å². The zero-order valence-corrected chi connectivity index (χ0v) is 17.0. The molecule has 1 amide bonds. The number of nitrogens with zero attached hydrogens (tertiary/aromatic N) is 2. The summed E-state index contributed by atoms with van der Waals surface area (Å²) in [7, 11) is 1.73. The monoisotopic (exact) mass is 403 g/mol. The lowest BCUT2D eigenvalue weighted by atomic mass is 10.1. The van der Waals surface area contributed by atoms with Gasteiger partial charge in [-0.2, -0.15) is 0 Å². The molecule has 1 saturated heterocycles. The van der Waals surface area contributed by atoms with E-state index in [4.69, 9.17) is 4.74 Å². The molecule has 1 aromatic heterocycles. The number of hydrogen-bond acceptors (Lipinski definition) is 4. The zero-order valence-electron chi connectivity index (χ0n) is 17.0. The van der Waals surface area contributed by atoms with Crippen LogP contribution in [0.25, 0.3) is 11.3 Å². The van der Waals surface area contributed by atoms with Gasteiger partial charge >= 0.3 is 0 Å². The summed E-state index contributed by atoms with van der Waals surface area (Å²) in [6, 6.07) is 21.0. The van der Waals surface area contributed by atoms with Gasteiger partial charge in [-0.3, -0.25) is 9.59 Å². The van der Waals surface area contributed by atoms with Gasteiger partial charge < -0.3 is 19.5 Å². The van der Waals surface area contributed by atoms with E-state index in [1.807, 2.05) is 48.5 Å². The van der Waals surface area contributed by atoms with Crippen LogP contribution in [0.4, 0.5) is 5.69 Å². The fraction of sp³-hybridized carbons (Fsp3) is 0.250. The lowest BCUT2D eigenvalue weighted by Gasteiger charge is -2.31. The fourth-order valence-electron chi connectivity index (χ4n) is 3.72. The van der Waals surface area contributed by atoms with Gasteiger partial charge in [0.2, 0.25) is 0 Å². The van der Waals surface area contributed by atoms with Crippen LogP contribution in [0, 0.1) is 0 Å². The highest BCUT2D eigenvalue weighted by Crippen LogP contribution is 2.23. The Morgan fingerprint density at radius 2 is 1.70 bits per heavy atom. The van der Waals surface area contributed by atoms with E-state index in [0.29, 0.717) is 25.5 Å². The van der Waals surface area contributed by atoms with Crippen molar-refractivity contribution in [2.75, 3.05) is 38.3 Å². The largest absolute Gasteiger partial charge is 0.378 e. The average molecular weight is 403 g/mol. The molecular weight excluding hydrogens is 378 g/mol. The summed E-state index contributed by atoms with van der Waals surface area (Å²) in [5.74, 6) is -0.298. The first-order valence-electron chi connectivity index (χ1n) is 10.1. The smallest absolute Gasteiger partial charge is 0.261 e. The first-order valence-corrected chi connectivity index (χ1v) is 10.1. The minimum absolute atomic E-state index is 0.140. The van der Waals surface area contributed by atoms with Crippen LogP contribution < -0.4 is 10.5 Å². The number of hydrogen-bond donors (Lipinski definition) is 1. The van der Waals surface area contributed by atoms with Crippen LogP contribution in [-0.4, -0.2) is 49.1 Å². The standard InChI is InChI=1S/C24H25N3O3/c1-26(17-19-9-5-6-10-22(19)27-13-15-30-16-14-27)24(29)20-11-12-21(25-23(20)28)18-7-3-2-4-8-18/h2-12H,13-17H2,1H3,(H,25,28). The Hall–Kier alpha value is -3.38. The molecule has 4 rings (SSSR count). The third kappa shape index (κ3) is 4.28. The van der Waals surface area contributed by atoms with E-state index in [1.54, 1.807) is 24.1 Å². The van der Waals surface area contributed by atoms with Crippen molar-refractivity contribution < 1.29 is 9.53 Å². The van der Waals surface area contributed by atoms with Gasteiger partial charge in [-0.15, -0.1) is 0 Å². The molecule has 1 aliphatic heterocycles. The second-order valence-corrected chi connectivity index (χ2v) is 7.37. The Kier molecular flexibility index (Phi) is 5.95. The van der Waals surface area contributed by atoms with Crippen molar-refractivity contribution in [2.24, 2.45) is 0 Å². The quantitative estimate of drug-likeness (QED) is 0.711. The number of benzene rings is 2. The summed E-state index contributed by atoms with van der Waals surface area (Å²) in [6.07, 6.45) is 0. The van der Waals surface area contributed by atoms with E-state index in [2.05, 4.69) is 16.0 Å². The maximum Gasteiger partial charge on any atom is 0.261 e. The van der Waals surface area contributed by atoms with E-state index in [1.165, 1.54) is 0 Å². The van der Waals surface area contributed by atoms with Crippen molar-refractivity contribution in [3.8, 4) is 11.3 Å². The summed E-state index contributed by atoms with van der Waals surface area (Å²) in [6.45, 7) is 3.48. The van der Waals surface area contributed by atoms with Crippen molar-refractivity contribution >= 4 is 11.6 Å². The van der Waals surface area contributed by atoms with Crippen molar-refractivity contribution in [3.63, 3.8) is 0 Å². The Bertz CT molecular complexity index is 1070. The summed E-state index contributed by atoms with van der Waals surface area (Å²) < 4.78 is 5.45. The van der Waals surface area contributed by atoms with Crippen LogP contribution >= 0.6 is 0 Å². The van der Waals surface area contributed by atoms with Crippen LogP contribution in [0.5, 0.6) is 0 Å². The molecule has 0 atom stereocenters. The summed E-state index contributed by atoms with van der Waals surface area (Å²) in [4.78, 5) is 32.3. The molecule has 6 heteroatoms. The highest BCUT2D eigenvalue weighted by Gasteiger charge is 2.19. The first-order chi connectivity index (χ1) is 14.6. The zero-order chi connectivity index (χ0) is 20.9. The molecule has 154 valence electrons. The van der Waals surface area contributed by atoms with Gasteiger partial charge in [0.25, 0.3) is 11.5 Å². The number of ether oxygens (including phenoxy) is 1. The number of aromatic nitrogens is 1. The summed E-state index contributed by atoms with van der Waals surface area (Å²) >= 11 is 0. The number of morpholine rings is 1. The van der Waals surface area contributed by atoms with E-state index in [-0.39, 0.29) is 17.0 Å². The molecule has 1 N–H and O–H groups in total. The second kappa shape index (κ2) is 8.97. The van der Waals surface area contributed by atoms with E-state index >= 15 is 0 Å². The normalized spacial score (nSPS) is 13.8. The third-order valence-corrected chi connectivity index (χ3v) is 5.32. The lowest BCUT2D eigenvalue weighted by Crippen LogP contribution is -2.37. The highest BCUT2D eigenvalue weighted by molar-refractivity contribution is 5.94. The van der Waals surface area contributed by atoms with Gasteiger partial charge in [-0.25, -0.2) is 0 Å². The topological polar surface area (TPSA) is 65.6 Å². The average Bonchev–Trinajstić information content (AvgIpc) is 2.80. The van der Waals surface area contributed by atoms with E-state index in [9.17, 15) is 9.59 Å². The summed E-state index contributed by atoms with van der Waals surface area (Å²) in [5.41, 5.74) is 3.51. The maximum absolute atomic E-state index is 13.0. The Morgan fingerprint density at radius 3 is 2.43 bits per heavy atom. The molecule has 2 heterocycles. The van der Waals surface area contributed by atoms with Crippen LogP contribution in [0.1, 0.15) is 15.9 Å². The SMILES string of the molecule is CN(Cc1ccccc1N1CCOCC1)C(=O)c1ccc(-c2ccccc2)[nH]c1=O. The number of pyridine rings is 1. The fourth-order valence-corrected chi connectivity index (χ4v) is 3.72. The molecule has 1 aliphatic rings. The highest BCUT2D eigenvalue weighted by atomic mass is 16.5. The van der Waals surface area contributed by atoms with Crippen molar-refractivity contribution in [1.29, 1.82) is 0 Å². The number of nitrogens with one attached hydrogen (secondary N) is 1. The molecule has 0 radical (unpaired) electrons. The van der Waals surface area contributed by atoms with E-state index < -0.39 is 0 Å². The molecule has 0 aliphatic carbocycles.